The van der Waals surface area contributed by atoms with Crippen LogP contribution in [0.25, 0.3) is 0 Å². The molecule has 1 aromatic carbocycles. The van der Waals surface area contributed by atoms with Crippen molar-refractivity contribution in [2.45, 2.75) is 19.1 Å². The largest absolute Gasteiger partial charge is 0.497 e. The standard InChI is InChI=1S/C14H19NO4/c1-18-8-9-3-10(5-12(4-9)19-2)13-6-11(7-15-13)14(16)17/h3-5,11,13,15H,6-8H2,1-2H3,(H,16,17). The first-order valence-corrected chi connectivity index (χ1v) is 6.27. The second kappa shape index (κ2) is 6.04. The normalized spacial score (nSPS) is 22.4. The molecule has 0 bridgehead atoms. The van der Waals surface area contributed by atoms with Crippen LogP contribution in [-0.2, 0) is 16.1 Å². The van der Waals surface area contributed by atoms with E-state index in [2.05, 4.69) is 5.32 Å². The van der Waals surface area contributed by atoms with E-state index in [1.165, 1.54) is 0 Å². The van der Waals surface area contributed by atoms with Crippen LogP contribution in [0.2, 0.25) is 0 Å². The van der Waals surface area contributed by atoms with Crippen molar-refractivity contribution in [1.82, 2.24) is 5.32 Å². The molecule has 1 aliphatic rings. The van der Waals surface area contributed by atoms with Crippen molar-refractivity contribution in [3.63, 3.8) is 0 Å². The fraction of sp³-hybridized carbons (Fsp3) is 0.500. The number of benzene rings is 1. The summed E-state index contributed by atoms with van der Waals surface area (Å²) >= 11 is 0. The van der Waals surface area contributed by atoms with Crippen LogP contribution in [0.5, 0.6) is 5.75 Å². The van der Waals surface area contributed by atoms with Crippen LogP contribution in [0.3, 0.4) is 0 Å². The van der Waals surface area contributed by atoms with Crippen LogP contribution < -0.4 is 10.1 Å². The SMILES string of the molecule is COCc1cc(OC)cc(C2CC(C(=O)O)CN2)c1. The number of methoxy groups -OCH3 is 2. The minimum Gasteiger partial charge on any atom is -0.497 e. The van der Waals surface area contributed by atoms with Gasteiger partial charge in [0.25, 0.3) is 0 Å². The second-order valence-electron chi connectivity index (χ2n) is 4.78. The number of hydrogen-bond donors (Lipinski definition) is 2. The maximum Gasteiger partial charge on any atom is 0.307 e. The van der Waals surface area contributed by atoms with Crippen LogP contribution in [-0.4, -0.2) is 31.8 Å². The third-order valence-electron chi connectivity index (χ3n) is 3.42. The first kappa shape index (κ1) is 13.8. The maximum absolute atomic E-state index is 11.0. The molecule has 1 aliphatic heterocycles. The Balaban J connectivity index is 2.19. The number of hydrogen-bond acceptors (Lipinski definition) is 4. The molecule has 5 nitrogen and oxygen atoms in total. The zero-order chi connectivity index (χ0) is 13.8. The van der Waals surface area contributed by atoms with Crippen molar-refractivity contribution >= 4 is 5.97 Å². The van der Waals surface area contributed by atoms with Gasteiger partial charge in [0.05, 0.1) is 19.6 Å². The molecule has 5 heteroatoms. The van der Waals surface area contributed by atoms with E-state index in [0.717, 1.165) is 16.9 Å². The lowest BCUT2D eigenvalue weighted by Gasteiger charge is -2.14. The molecule has 0 aromatic heterocycles. The second-order valence-corrected chi connectivity index (χ2v) is 4.78. The van der Waals surface area contributed by atoms with Crippen LogP contribution in [0.4, 0.5) is 0 Å². The van der Waals surface area contributed by atoms with Crippen molar-refractivity contribution in [3.8, 4) is 5.75 Å². The third-order valence-corrected chi connectivity index (χ3v) is 3.42. The van der Waals surface area contributed by atoms with Gasteiger partial charge in [-0.2, -0.15) is 0 Å². The van der Waals surface area contributed by atoms with Crippen molar-refractivity contribution in [2.75, 3.05) is 20.8 Å². The summed E-state index contributed by atoms with van der Waals surface area (Å²) in [5, 5.41) is 12.3. The first-order valence-electron chi connectivity index (χ1n) is 6.27. The molecule has 2 unspecified atom stereocenters. The Morgan fingerprint density at radius 2 is 2.21 bits per heavy atom. The Morgan fingerprint density at radius 1 is 1.42 bits per heavy atom. The molecule has 0 saturated carbocycles. The smallest absolute Gasteiger partial charge is 0.307 e. The molecule has 1 saturated heterocycles. The van der Waals surface area contributed by atoms with E-state index in [-0.39, 0.29) is 12.0 Å². The zero-order valence-corrected chi connectivity index (χ0v) is 11.2. The number of aliphatic carboxylic acids is 1. The molecule has 0 radical (unpaired) electrons. The van der Waals surface area contributed by atoms with E-state index < -0.39 is 5.97 Å². The average molecular weight is 265 g/mol. The third kappa shape index (κ3) is 3.24. The molecule has 2 atom stereocenters. The fourth-order valence-corrected chi connectivity index (χ4v) is 2.43. The molecule has 19 heavy (non-hydrogen) atoms. The summed E-state index contributed by atoms with van der Waals surface area (Å²) in [6.45, 7) is 1.02. The molecular weight excluding hydrogens is 246 g/mol. The van der Waals surface area contributed by atoms with Crippen LogP contribution in [0.15, 0.2) is 18.2 Å². The molecule has 1 aromatic rings. The summed E-state index contributed by atoms with van der Waals surface area (Å²) in [7, 11) is 3.27. The number of rotatable bonds is 5. The summed E-state index contributed by atoms with van der Waals surface area (Å²) in [6, 6.07) is 5.97. The van der Waals surface area contributed by atoms with E-state index in [9.17, 15) is 4.79 Å². The minimum absolute atomic E-state index is 0.0619. The Morgan fingerprint density at radius 3 is 2.79 bits per heavy atom. The van der Waals surface area contributed by atoms with Gasteiger partial charge in [0.1, 0.15) is 5.75 Å². The van der Waals surface area contributed by atoms with E-state index in [1.807, 2.05) is 18.2 Å². The molecule has 1 fully saturated rings. The van der Waals surface area contributed by atoms with Crippen molar-refractivity contribution in [3.05, 3.63) is 29.3 Å². The van der Waals surface area contributed by atoms with Crippen LogP contribution >= 0.6 is 0 Å². The fourth-order valence-electron chi connectivity index (χ4n) is 2.43. The highest BCUT2D eigenvalue weighted by Crippen LogP contribution is 2.30. The minimum atomic E-state index is -0.741. The van der Waals surface area contributed by atoms with Gasteiger partial charge >= 0.3 is 5.97 Å². The van der Waals surface area contributed by atoms with Gasteiger partial charge in [0.2, 0.25) is 0 Å². The summed E-state index contributed by atoms with van der Waals surface area (Å²) in [5.74, 6) is -0.290. The Kier molecular flexibility index (Phi) is 4.39. The van der Waals surface area contributed by atoms with Gasteiger partial charge in [-0.1, -0.05) is 6.07 Å². The van der Waals surface area contributed by atoms with E-state index in [1.54, 1.807) is 14.2 Å². The lowest BCUT2D eigenvalue weighted by molar-refractivity contribution is -0.141. The molecule has 0 amide bonds. The van der Waals surface area contributed by atoms with Gasteiger partial charge in [-0.25, -0.2) is 0 Å². The number of carbonyl (C=O) groups is 1. The van der Waals surface area contributed by atoms with Gasteiger partial charge in [0, 0.05) is 19.7 Å². The average Bonchev–Trinajstić information content (AvgIpc) is 2.88. The lowest BCUT2D eigenvalue weighted by Crippen LogP contribution is -2.17. The van der Waals surface area contributed by atoms with Crippen molar-refractivity contribution < 1.29 is 19.4 Å². The molecular formula is C14H19NO4. The summed E-state index contributed by atoms with van der Waals surface area (Å²) < 4.78 is 10.4. The predicted molar refractivity (Wildman–Crippen MR) is 70.2 cm³/mol. The Labute approximate surface area is 112 Å². The maximum atomic E-state index is 11.0. The molecule has 104 valence electrons. The summed E-state index contributed by atoms with van der Waals surface area (Å²) in [5.41, 5.74) is 2.08. The highest BCUT2D eigenvalue weighted by atomic mass is 16.5. The molecule has 1 heterocycles. The quantitative estimate of drug-likeness (QED) is 0.846. The summed E-state index contributed by atoms with van der Waals surface area (Å²) in [6.07, 6.45) is 0.606. The van der Waals surface area contributed by atoms with Gasteiger partial charge in [-0.3, -0.25) is 4.79 Å². The van der Waals surface area contributed by atoms with E-state index in [4.69, 9.17) is 14.6 Å². The number of carboxylic acids is 1. The molecule has 0 spiro atoms. The zero-order valence-electron chi connectivity index (χ0n) is 11.2. The predicted octanol–water partition coefficient (Wildman–Crippen LogP) is 1.58. The molecule has 2 rings (SSSR count). The number of ether oxygens (including phenoxy) is 2. The molecule has 0 aliphatic carbocycles. The monoisotopic (exact) mass is 265 g/mol. The Bertz CT molecular complexity index is 461. The highest BCUT2D eigenvalue weighted by molar-refractivity contribution is 5.70. The lowest BCUT2D eigenvalue weighted by atomic mass is 9.98. The van der Waals surface area contributed by atoms with Gasteiger partial charge < -0.3 is 19.9 Å². The van der Waals surface area contributed by atoms with E-state index in [0.29, 0.717) is 19.6 Å². The number of carboxylic acid groups (broad SMARTS) is 1. The number of nitrogens with one attached hydrogen (secondary N) is 1. The topological polar surface area (TPSA) is 67.8 Å². The van der Waals surface area contributed by atoms with E-state index >= 15 is 0 Å². The van der Waals surface area contributed by atoms with Gasteiger partial charge in [-0.05, 0) is 29.7 Å². The van der Waals surface area contributed by atoms with Crippen LogP contribution in [0, 0.1) is 5.92 Å². The van der Waals surface area contributed by atoms with Crippen LogP contribution in [0.1, 0.15) is 23.6 Å². The van der Waals surface area contributed by atoms with Gasteiger partial charge in [0.15, 0.2) is 0 Å². The van der Waals surface area contributed by atoms with Crippen molar-refractivity contribution in [1.29, 1.82) is 0 Å². The van der Waals surface area contributed by atoms with Gasteiger partial charge in [-0.15, -0.1) is 0 Å². The Hall–Kier alpha value is -1.59. The summed E-state index contributed by atoms with van der Waals surface area (Å²) in [4.78, 5) is 11.0. The molecule has 2 N–H and O–H groups in total. The van der Waals surface area contributed by atoms with Crippen molar-refractivity contribution in [2.24, 2.45) is 5.92 Å². The highest BCUT2D eigenvalue weighted by Gasteiger charge is 2.30. The first-order chi connectivity index (χ1) is 9.13.